The molecule has 4 nitrogen and oxygen atoms in total. The number of thiazole rings is 1. The Balaban J connectivity index is 1.95. The van der Waals surface area contributed by atoms with E-state index in [2.05, 4.69) is 10.1 Å². The van der Waals surface area contributed by atoms with Gasteiger partial charge in [-0.2, -0.15) is 5.10 Å². The molecule has 0 bridgehead atoms. The largest absolute Gasteiger partial charge is 0.294 e. The molecule has 0 saturated heterocycles. The Morgan fingerprint density at radius 2 is 2.04 bits per heavy atom. The van der Waals surface area contributed by atoms with Gasteiger partial charge < -0.3 is 0 Å². The topological polar surface area (TPSA) is 47.8 Å². The van der Waals surface area contributed by atoms with Gasteiger partial charge in [-0.1, -0.05) is 35.9 Å². The lowest BCUT2D eigenvalue weighted by atomic mass is 10.2. The van der Waals surface area contributed by atoms with E-state index in [9.17, 15) is 4.79 Å². The molecule has 7 heteroatoms. The monoisotopic (exact) mass is 373 g/mol. The van der Waals surface area contributed by atoms with Gasteiger partial charge in [-0.25, -0.2) is 9.67 Å². The minimum atomic E-state index is -0.186. The van der Waals surface area contributed by atoms with Crippen LogP contribution in [0.15, 0.2) is 46.6 Å². The fourth-order valence-electron chi connectivity index (χ4n) is 2.54. The van der Waals surface area contributed by atoms with Crippen molar-refractivity contribution >= 4 is 44.5 Å². The average molecular weight is 374 g/mol. The molecule has 0 saturated carbocycles. The zero-order chi connectivity index (χ0) is 16.7. The molecular weight excluding hydrogens is 362 g/mol. The Bertz CT molecular complexity index is 1080. The molecule has 4 aromatic rings. The molecule has 24 heavy (non-hydrogen) atoms. The van der Waals surface area contributed by atoms with E-state index in [1.54, 1.807) is 11.3 Å². The SMILES string of the molecule is Cc1nc2c(=O)n(Cc3ccccc3Cl)nc(-c3cccs3)c2s1. The number of aryl methyl sites for hydroxylation is 1. The number of rotatable bonds is 3. The van der Waals surface area contributed by atoms with E-state index in [1.165, 1.54) is 16.0 Å². The molecule has 0 atom stereocenters. The Kier molecular flexibility index (Phi) is 3.96. The van der Waals surface area contributed by atoms with E-state index < -0.39 is 0 Å². The maximum Gasteiger partial charge on any atom is 0.294 e. The van der Waals surface area contributed by atoms with Crippen molar-refractivity contribution in [2.45, 2.75) is 13.5 Å². The Hall–Kier alpha value is -2.02. The van der Waals surface area contributed by atoms with Crippen LogP contribution in [0.1, 0.15) is 10.6 Å². The molecule has 0 aliphatic rings. The van der Waals surface area contributed by atoms with Gasteiger partial charge in [-0.15, -0.1) is 22.7 Å². The third kappa shape index (κ3) is 2.66. The highest BCUT2D eigenvalue weighted by Crippen LogP contribution is 2.32. The molecule has 120 valence electrons. The minimum absolute atomic E-state index is 0.186. The molecule has 0 spiro atoms. The summed E-state index contributed by atoms with van der Waals surface area (Å²) in [6.45, 7) is 2.23. The zero-order valence-corrected chi connectivity index (χ0v) is 15.1. The van der Waals surface area contributed by atoms with Gasteiger partial charge in [-0.3, -0.25) is 4.79 Å². The first kappa shape index (κ1) is 15.5. The van der Waals surface area contributed by atoms with Crippen LogP contribution in [0.2, 0.25) is 5.02 Å². The summed E-state index contributed by atoms with van der Waals surface area (Å²) in [5.74, 6) is 0. The summed E-state index contributed by atoms with van der Waals surface area (Å²) in [6.07, 6.45) is 0. The predicted molar refractivity (Wildman–Crippen MR) is 100 cm³/mol. The predicted octanol–water partition coefficient (Wildman–Crippen LogP) is 4.59. The van der Waals surface area contributed by atoms with Crippen LogP contribution in [0, 0.1) is 6.92 Å². The Morgan fingerprint density at radius 3 is 2.79 bits per heavy atom. The van der Waals surface area contributed by atoms with E-state index in [1.807, 2.05) is 48.7 Å². The first-order valence-corrected chi connectivity index (χ1v) is 9.36. The highest BCUT2D eigenvalue weighted by Gasteiger charge is 2.17. The number of thiophene rings is 1. The maximum atomic E-state index is 12.8. The van der Waals surface area contributed by atoms with Crippen molar-refractivity contribution in [3.8, 4) is 10.6 Å². The van der Waals surface area contributed by atoms with Crippen LogP contribution in [0.3, 0.4) is 0 Å². The molecule has 0 aliphatic heterocycles. The van der Waals surface area contributed by atoms with Crippen LogP contribution < -0.4 is 5.56 Å². The highest BCUT2D eigenvalue weighted by molar-refractivity contribution is 7.20. The Morgan fingerprint density at radius 1 is 1.21 bits per heavy atom. The molecule has 0 fully saturated rings. The zero-order valence-electron chi connectivity index (χ0n) is 12.7. The van der Waals surface area contributed by atoms with Crippen molar-refractivity contribution in [2.24, 2.45) is 0 Å². The van der Waals surface area contributed by atoms with Crippen LogP contribution >= 0.6 is 34.3 Å². The summed E-state index contributed by atoms with van der Waals surface area (Å²) in [6, 6.07) is 11.5. The molecule has 3 heterocycles. The second-order valence-electron chi connectivity index (χ2n) is 5.29. The number of fused-ring (bicyclic) bond motifs is 1. The van der Waals surface area contributed by atoms with Gasteiger partial charge in [-0.05, 0) is 30.0 Å². The lowest BCUT2D eigenvalue weighted by Crippen LogP contribution is -2.24. The van der Waals surface area contributed by atoms with E-state index >= 15 is 0 Å². The quantitative estimate of drug-likeness (QED) is 0.527. The summed E-state index contributed by atoms with van der Waals surface area (Å²) in [5.41, 5.74) is 1.95. The molecule has 0 amide bonds. The molecule has 0 radical (unpaired) electrons. The molecule has 0 unspecified atom stereocenters. The van der Waals surface area contributed by atoms with E-state index in [4.69, 9.17) is 11.6 Å². The van der Waals surface area contributed by atoms with Crippen LogP contribution in [-0.4, -0.2) is 14.8 Å². The van der Waals surface area contributed by atoms with E-state index in [0.717, 1.165) is 25.8 Å². The third-order valence-corrected chi connectivity index (χ3v) is 5.86. The second-order valence-corrected chi connectivity index (χ2v) is 7.85. The number of nitrogens with zero attached hydrogens (tertiary/aromatic N) is 3. The molecule has 0 N–H and O–H groups in total. The van der Waals surface area contributed by atoms with E-state index in [-0.39, 0.29) is 5.56 Å². The number of hydrogen-bond donors (Lipinski definition) is 0. The molecule has 1 aromatic carbocycles. The summed E-state index contributed by atoms with van der Waals surface area (Å²) >= 11 is 9.34. The Labute approximate surface area is 151 Å². The van der Waals surface area contributed by atoms with Gasteiger partial charge in [0, 0.05) is 5.02 Å². The summed E-state index contributed by atoms with van der Waals surface area (Å²) in [7, 11) is 0. The molecule has 3 aromatic heterocycles. The minimum Gasteiger partial charge on any atom is -0.265 e. The van der Waals surface area contributed by atoms with Crippen molar-refractivity contribution in [2.75, 3.05) is 0 Å². The first-order chi connectivity index (χ1) is 11.6. The van der Waals surface area contributed by atoms with Gasteiger partial charge in [0.25, 0.3) is 5.56 Å². The second kappa shape index (κ2) is 6.12. The summed E-state index contributed by atoms with van der Waals surface area (Å²) in [4.78, 5) is 18.2. The van der Waals surface area contributed by atoms with Gasteiger partial charge in [0.1, 0.15) is 5.69 Å². The smallest absolute Gasteiger partial charge is 0.265 e. The normalized spacial score (nSPS) is 11.2. The molecular formula is C17H12ClN3OS2. The van der Waals surface area contributed by atoms with Crippen molar-refractivity contribution < 1.29 is 0 Å². The number of benzene rings is 1. The van der Waals surface area contributed by atoms with Crippen LogP contribution in [0.5, 0.6) is 0 Å². The van der Waals surface area contributed by atoms with Crippen LogP contribution in [0.4, 0.5) is 0 Å². The first-order valence-electron chi connectivity index (χ1n) is 7.29. The van der Waals surface area contributed by atoms with Crippen molar-refractivity contribution in [1.82, 2.24) is 14.8 Å². The van der Waals surface area contributed by atoms with Crippen LogP contribution in [-0.2, 0) is 6.54 Å². The third-order valence-electron chi connectivity index (χ3n) is 3.64. The lowest BCUT2D eigenvalue weighted by molar-refractivity contribution is 0.650. The standard InChI is InChI=1S/C17H12ClN3OS2/c1-10-19-15-16(24-10)14(13-7-4-8-23-13)20-21(17(15)22)9-11-5-2-3-6-12(11)18/h2-8H,9H2,1H3. The highest BCUT2D eigenvalue weighted by atomic mass is 35.5. The fraction of sp³-hybridized carbons (Fsp3) is 0.118. The van der Waals surface area contributed by atoms with E-state index in [0.29, 0.717) is 17.1 Å². The summed E-state index contributed by atoms with van der Waals surface area (Å²) in [5, 5.41) is 8.10. The number of hydrogen-bond acceptors (Lipinski definition) is 5. The van der Waals surface area contributed by atoms with Gasteiger partial charge in [0.2, 0.25) is 0 Å². The lowest BCUT2D eigenvalue weighted by Gasteiger charge is -2.08. The maximum absolute atomic E-state index is 12.8. The van der Waals surface area contributed by atoms with Gasteiger partial charge in [0.05, 0.1) is 21.1 Å². The summed E-state index contributed by atoms with van der Waals surface area (Å²) < 4.78 is 2.30. The van der Waals surface area contributed by atoms with Gasteiger partial charge >= 0.3 is 0 Å². The molecule has 4 rings (SSSR count). The van der Waals surface area contributed by atoms with Crippen molar-refractivity contribution in [3.05, 3.63) is 67.7 Å². The average Bonchev–Trinajstić information content (AvgIpc) is 3.21. The number of halogens is 1. The molecule has 0 aliphatic carbocycles. The number of aromatic nitrogens is 3. The van der Waals surface area contributed by atoms with Crippen molar-refractivity contribution in [1.29, 1.82) is 0 Å². The fourth-order valence-corrected chi connectivity index (χ4v) is 4.42. The van der Waals surface area contributed by atoms with Crippen molar-refractivity contribution in [3.63, 3.8) is 0 Å². The van der Waals surface area contributed by atoms with Crippen LogP contribution in [0.25, 0.3) is 20.8 Å². The van der Waals surface area contributed by atoms with Gasteiger partial charge in [0.15, 0.2) is 5.52 Å².